The van der Waals surface area contributed by atoms with Crippen molar-refractivity contribution in [2.45, 2.75) is 67.9 Å². The first kappa shape index (κ1) is 21.7. The number of carbonyl (C=O) groups is 1. The van der Waals surface area contributed by atoms with Gasteiger partial charge in [0.1, 0.15) is 0 Å². The van der Waals surface area contributed by atoms with Crippen molar-refractivity contribution in [3.05, 3.63) is 29.8 Å². The van der Waals surface area contributed by atoms with E-state index in [0.29, 0.717) is 25.2 Å². The quantitative estimate of drug-likeness (QED) is 0.671. The molecule has 1 saturated carbocycles. The SMILES string of the molecule is O=C(NCCSC1CCCCC1)c1cccc(S(=O)(=O)N2CCCCCC2)c1. The van der Waals surface area contributed by atoms with Gasteiger partial charge >= 0.3 is 0 Å². The molecule has 0 aromatic heterocycles. The van der Waals surface area contributed by atoms with E-state index in [1.807, 2.05) is 11.8 Å². The lowest BCUT2D eigenvalue weighted by Gasteiger charge is -2.21. The number of thioether (sulfide) groups is 1. The summed E-state index contributed by atoms with van der Waals surface area (Å²) in [5.74, 6) is 0.708. The van der Waals surface area contributed by atoms with Crippen LogP contribution in [0.4, 0.5) is 0 Å². The van der Waals surface area contributed by atoms with Crippen molar-refractivity contribution >= 4 is 27.7 Å². The van der Waals surface area contributed by atoms with Gasteiger partial charge in [0.05, 0.1) is 4.90 Å². The molecule has 1 aromatic carbocycles. The van der Waals surface area contributed by atoms with Crippen LogP contribution in [-0.4, -0.2) is 49.3 Å². The van der Waals surface area contributed by atoms with Crippen LogP contribution in [0.15, 0.2) is 29.2 Å². The molecule has 0 unspecified atom stereocenters. The van der Waals surface area contributed by atoms with Crippen molar-refractivity contribution in [3.8, 4) is 0 Å². The van der Waals surface area contributed by atoms with E-state index in [2.05, 4.69) is 5.32 Å². The van der Waals surface area contributed by atoms with E-state index in [1.165, 1.54) is 38.2 Å². The van der Waals surface area contributed by atoms with Crippen molar-refractivity contribution in [2.24, 2.45) is 0 Å². The minimum absolute atomic E-state index is 0.197. The van der Waals surface area contributed by atoms with Crippen LogP contribution < -0.4 is 5.32 Å². The maximum absolute atomic E-state index is 12.9. The summed E-state index contributed by atoms with van der Waals surface area (Å²) in [4.78, 5) is 12.7. The number of nitrogens with one attached hydrogen (secondary N) is 1. The zero-order valence-corrected chi connectivity index (χ0v) is 18.2. The van der Waals surface area contributed by atoms with E-state index in [4.69, 9.17) is 0 Å². The van der Waals surface area contributed by atoms with Crippen LogP contribution in [0.5, 0.6) is 0 Å². The van der Waals surface area contributed by atoms with Gasteiger partial charge in [-0.15, -0.1) is 0 Å². The number of rotatable bonds is 7. The van der Waals surface area contributed by atoms with E-state index < -0.39 is 10.0 Å². The Hall–Kier alpha value is -1.05. The minimum Gasteiger partial charge on any atom is -0.351 e. The van der Waals surface area contributed by atoms with E-state index in [9.17, 15) is 13.2 Å². The Morgan fingerprint density at radius 3 is 2.43 bits per heavy atom. The highest BCUT2D eigenvalue weighted by molar-refractivity contribution is 7.99. The molecule has 1 amide bonds. The monoisotopic (exact) mass is 424 g/mol. The van der Waals surface area contributed by atoms with E-state index in [1.54, 1.807) is 22.5 Å². The predicted molar refractivity (Wildman–Crippen MR) is 115 cm³/mol. The molecule has 0 atom stereocenters. The Labute approximate surface area is 173 Å². The van der Waals surface area contributed by atoms with Crippen molar-refractivity contribution in [2.75, 3.05) is 25.4 Å². The average Bonchev–Trinajstić information content (AvgIpc) is 3.02. The Morgan fingerprint density at radius 1 is 1.04 bits per heavy atom. The number of hydrogen-bond acceptors (Lipinski definition) is 4. The molecule has 28 heavy (non-hydrogen) atoms. The summed E-state index contributed by atoms with van der Waals surface area (Å²) in [6.07, 6.45) is 10.5. The molecule has 5 nitrogen and oxygen atoms in total. The fourth-order valence-electron chi connectivity index (χ4n) is 3.95. The minimum atomic E-state index is -3.53. The van der Waals surface area contributed by atoms with Gasteiger partial charge in [0.25, 0.3) is 5.91 Å². The zero-order valence-electron chi connectivity index (χ0n) is 16.6. The Bertz CT molecular complexity index is 738. The molecule has 1 aromatic rings. The molecule has 0 spiro atoms. The molecule has 156 valence electrons. The summed E-state index contributed by atoms with van der Waals surface area (Å²) in [6.45, 7) is 1.75. The summed E-state index contributed by atoms with van der Waals surface area (Å²) in [5.41, 5.74) is 0.415. The highest BCUT2D eigenvalue weighted by Gasteiger charge is 2.25. The van der Waals surface area contributed by atoms with Gasteiger partial charge < -0.3 is 5.32 Å². The molecule has 1 N–H and O–H groups in total. The largest absolute Gasteiger partial charge is 0.351 e. The Morgan fingerprint density at radius 2 is 1.71 bits per heavy atom. The van der Waals surface area contributed by atoms with Crippen LogP contribution >= 0.6 is 11.8 Å². The molecule has 7 heteroatoms. The maximum atomic E-state index is 12.9. The Kier molecular flexibility index (Phi) is 8.23. The van der Waals surface area contributed by atoms with Crippen molar-refractivity contribution < 1.29 is 13.2 Å². The second kappa shape index (κ2) is 10.6. The average molecular weight is 425 g/mol. The van der Waals surface area contributed by atoms with E-state index in [0.717, 1.165) is 36.7 Å². The number of nitrogens with zero attached hydrogens (tertiary/aromatic N) is 1. The van der Waals surface area contributed by atoms with Gasteiger partial charge in [-0.1, -0.05) is 38.2 Å². The number of amides is 1. The first-order chi connectivity index (χ1) is 13.6. The third-order valence-electron chi connectivity index (χ3n) is 5.59. The molecule has 0 bridgehead atoms. The molecule has 1 aliphatic carbocycles. The third kappa shape index (κ3) is 5.97. The highest BCUT2D eigenvalue weighted by atomic mass is 32.2. The third-order valence-corrected chi connectivity index (χ3v) is 8.87. The molecule has 3 rings (SSSR count). The first-order valence-electron chi connectivity index (χ1n) is 10.6. The van der Waals surface area contributed by atoms with Crippen molar-refractivity contribution in [3.63, 3.8) is 0 Å². The second-order valence-corrected chi connectivity index (χ2v) is 11.1. The fourth-order valence-corrected chi connectivity index (χ4v) is 6.74. The normalized spacial score (nSPS) is 19.9. The lowest BCUT2D eigenvalue weighted by atomic mass is 10.0. The van der Waals surface area contributed by atoms with Gasteiger partial charge in [-0.3, -0.25) is 4.79 Å². The highest BCUT2D eigenvalue weighted by Crippen LogP contribution is 2.27. The van der Waals surface area contributed by atoms with Crippen LogP contribution in [0.25, 0.3) is 0 Å². The van der Waals surface area contributed by atoms with Crippen molar-refractivity contribution in [1.29, 1.82) is 0 Å². The smallest absolute Gasteiger partial charge is 0.251 e. The number of carbonyl (C=O) groups excluding carboxylic acids is 1. The first-order valence-corrected chi connectivity index (χ1v) is 13.1. The van der Waals surface area contributed by atoms with Crippen molar-refractivity contribution in [1.82, 2.24) is 9.62 Å². The lowest BCUT2D eigenvalue weighted by Crippen LogP contribution is -2.32. The topological polar surface area (TPSA) is 66.5 Å². The van der Waals surface area contributed by atoms with Gasteiger partial charge in [0.15, 0.2) is 0 Å². The van der Waals surface area contributed by atoms with Crippen LogP contribution in [0.1, 0.15) is 68.1 Å². The number of sulfonamides is 1. The summed E-state index contributed by atoms with van der Waals surface area (Å²) in [5, 5.41) is 3.67. The number of hydrogen-bond donors (Lipinski definition) is 1. The van der Waals surface area contributed by atoms with E-state index >= 15 is 0 Å². The van der Waals surface area contributed by atoms with Crippen LogP contribution in [0.2, 0.25) is 0 Å². The predicted octanol–water partition coefficient (Wildman–Crippen LogP) is 4.05. The molecule has 1 heterocycles. The summed E-state index contributed by atoms with van der Waals surface area (Å²) >= 11 is 1.95. The summed E-state index contributed by atoms with van der Waals surface area (Å²) in [6, 6.07) is 6.46. The summed E-state index contributed by atoms with van der Waals surface area (Å²) < 4.78 is 27.4. The number of benzene rings is 1. The maximum Gasteiger partial charge on any atom is 0.251 e. The lowest BCUT2D eigenvalue weighted by molar-refractivity contribution is 0.0956. The molecule has 1 saturated heterocycles. The van der Waals surface area contributed by atoms with Gasteiger partial charge in [-0.25, -0.2) is 8.42 Å². The van der Waals surface area contributed by atoms with Gasteiger partial charge in [-0.05, 0) is 43.9 Å². The summed E-state index contributed by atoms with van der Waals surface area (Å²) in [7, 11) is -3.53. The molecule has 0 radical (unpaired) electrons. The molecule has 2 aliphatic rings. The van der Waals surface area contributed by atoms with Gasteiger partial charge in [0.2, 0.25) is 10.0 Å². The second-order valence-electron chi connectivity index (χ2n) is 7.73. The van der Waals surface area contributed by atoms with Gasteiger partial charge in [-0.2, -0.15) is 16.1 Å². The molecular weight excluding hydrogens is 392 g/mol. The fraction of sp³-hybridized carbons (Fsp3) is 0.667. The molecule has 1 aliphatic heterocycles. The van der Waals surface area contributed by atoms with Crippen LogP contribution in [0, 0.1) is 0 Å². The molecular formula is C21H32N2O3S2. The standard InChI is InChI=1S/C21H32N2O3S2/c24-21(22-13-16-27-19-10-4-3-5-11-19)18-9-8-12-20(17-18)28(25,26)23-14-6-1-2-7-15-23/h8-9,12,17,19H,1-7,10-11,13-16H2,(H,22,24). The van der Waals surface area contributed by atoms with Crippen LogP contribution in [-0.2, 0) is 10.0 Å². The van der Waals surface area contributed by atoms with Gasteiger partial charge in [0, 0.05) is 36.2 Å². The van der Waals surface area contributed by atoms with E-state index in [-0.39, 0.29) is 10.8 Å². The van der Waals surface area contributed by atoms with Crippen LogP contribution in [0.3, 0.4) is 0 Å². The Balaban J connectivity index is 1.55. The molecule has 2 fully saturated rings. The zero-order chi connectivity index (χ0) is 19.8.